The van der Waals surface area contributed by atoms with E-state index in [2.05, 4.69) is 0 Å². The van der Waals surface area contributed by atoms with Crippen molar-refractivity contribution in [3.63, 3.8) is 0 Å². The van der Waals surface area contributed by atoms with E-state index >= 15 is 0 Å². The Morgan fingerprint density at radius 1 is 1.00 bits per heavy atom. The van der Waals surface area contributed by atoms with Crippen LogP contribution >= 0.6 is 0 Å². The summed E-state index contributed by atoms with van der Waals surface area (Å²) in [6.07, 6.45) is 0.805. The Morgan fingerprint density at radius 3 is 2.26 bits per heavy atom. The predicted molar refractivity (Wildman–Crippen MR) is 74.9 cm³/mol. The highest BCUT2D eigenvalue weighted by atomic mass is 16.5. The van der Waals surface area contributed by atoms with Crippen molar-refractivity contribution < 1.29 is 14.6 Å². The molecule has 2 aromatic carbocycles. The smallest absolute Gasteiger partial charge is 0.161 e. The summed E-state index contributed by atoms with van der Waals surface area (Å²) in [4.78, 5) is 0. The van der Waals surface area contributed by atoms with E-state index in [4.69, 9.17) is 9.47 Å². The van der Waals surface area contributed by atoms with Crippen molar-refractivity contribution in [3.05, 3.63) is 54.1 Å². The van der Waals surface area contributed by atoms with E-state index in [1.807, 2.05) is 43.3 Å². The molecule has 0 aromatic heterocycles. The van der Waals surface area contributed by atoms with Crippen molar-refractivity contribution in [3.8, 4) is 17.2 Å². The van der Waals surface area contributed by atoms with Gasteiger partial charge >= 0.3 is 0 Å². The van der Waals surface area contributed by atoms with Gasteiger partial charge in [-0.2, -0.15) is 0 Å². The largest absolute Gasteiger partial charge is 0.508 e. The molecule has 2 rings (SSSR count). The van der Waals surface area contributed by atoms with E-state index in [1.165, 1.54) is 0 Å². The molecule has 0 amide bonds. The first kappa shape index (κ1) is 13.3. The van der Waals surface area contributed by atoms with Crippen LogP contribution in [0.1, 0.15) is 12.5 Å². The summed E-state index contributed by atoms with van der Waals surface area (Å²) >= 11 is 0. The summed E-state index contributed by atoms with van der Waals surface area (Å²) in [7, 11) is 1.63. The standard InChI is InChI=1S/C16H18O3/c1-12(11-13-7-9-14(17)10-8-13)19-16-6-4-3-5-15(16)18-2/h3-10,12,17H,11H2,1-2H3. The quantitative estimate of drug-likeness (QED) is 0.893. The maximum Gasteiger partial charge on any atom is 0.161 e. The monoisotopic (exact) mass is 258 g/mol. The molecule has 0 heterocycles. The average molecular weight is 258 g/mol. The molecular weight excluding hydrogens is 240 g/mol. The molecule has 0 saturated heterocycles. The Labute approximate surface area is 113 Å². The second-order valence-electron chi connectivity index (χ2n) is 4.45. The molecule has 0 radical (unpaired) electrons. The number of benzene rings is 2. The zero-order valence-corrected chi connectivity index (χ0v) is 11.2. The third kappa shape index (κ3) is 3.65. The van der Waals surface area contributed by atoms with Crippen LogP contribution in [0.15, 0.2) is 48.5 Å². The molecule has 0 spiro atoms. The molecule has 1 N–H and O–H groups in total. The average Bonchev–Trinajstić information content (AvgIpc) is 2.42. The lowest BCUT2D eigenvalue weighted by Gasteiger charge is -2.16. The van der Waals surface area contributed by atoms with Gasteiger partial charge in [-0.05, 0) is 36.8 Å². The van der Waals surface area contributed by atoms with E-state index in [1.54, 1.807) is 19.2 Å². The molecule has 100 valence electrons. The van der Waals surface area contributed by atoms with Crippen LogP contribution < -0.4 is 9.47 Å². The maximum absolute atomic E-state index is 9.25. The first-order chi connectivity index (χ1) is 9.19. The van der Waals surface area contributed by atoms with Crippen LogP contribution in [-0.2, 0) is 6.42 Å². The number of ether oxygens (including phenoxy) is 2. The molecule has 0 bridgehead atoms. The van der Waals surface area contributed by atoms with Crippen molar-refractivity contribution in [2.75, 3.05) is 7.11 Å². The fourth-order valence-electron chi connectivity index (χ4n) is 1.94. The van der Waals surface area contributed by atoms with Crippen LogP contribution in [0, 0.1) is 0 Å². The van der Waals surface area contributed by atoms with Crippen molar-refractivity contribution >= 4 is 0 Å². The van der Waals surface area contributed by atoms with E-state index in [0.717, 1.165) is 23.5 Å². The molecule has 1 atom stereocenters. The molecule has 19 heavy (non-hydrogen) atoms. The zero-order valence-electron chi connectivity index (χ0n) is 11.2. The summed E-state index contributed by atoms with van der Waals surface area (Å²) in [5.74, 6) is 1.76. The summed E-state index contributed by atoms with van der Waals surface area (Å²) in [6, 6.07) is 14.8. The zero-order chi connectivity index (χ0) is 13.7. The lowest BCUT2D eigenvalue weighted by molar-refractivity contribution is 0.212. The van der Waals surface area contributed by atoms with Gasteiger partial charge in [0, 0.05) is 6.42 Å². The van der Waals surface area contributed by atoms with Gasteiger partial charge in [0.2, 0.25) is 0 Å². The molecule has 0 aliphatic heterocycles. The predicted octanol–water partition coefficient (Wildman–Crippen LogP) is 3.41. The molecule has 3 heteroatoms. The number of rotatable bonds is 5. The van der Waals surface area contributed by atoms with Crippen LogP contribution in [0.25, 0.3) is 0 Å². The van der Waals surface area contributed by atoms with Crippen LogP contribution in [0.2, 0.25) is 0 Å². The van der Waals surface area contributed by atoms with Crippen LogP contribution in [0.5, 0.6) is 17.2 Å². The second kappa shape index (κ2) is 6.14. The van der Waals surface area contributed by atoms with Gasteiger partial charge in [-0.15, -0.1) is 0 Å². The number of methoxy groups -OCH3 is 1. The Kier molecular flexibility index (Phi) is 4.29. The fourth-order valence-corrected chi connectivity index (χ4v) is 1.94. The Hall–Kier alpha value is -2.16. The molecule has 1 unspecified atom stereocenters. The molecule has 0 saturated carbocycles. The summed E-state index contributed by atoms with van der Waals surface area (Å²) < 4.78 is 11.1. The molecule has 3 nitrogen and oxygen atoms in total. The molecule has 0 aliphatic rings. The van der Waals surface area contributed by atoms with Gasteiger partial charge in [0.05, 0.1) is 7.11 Å². The van der Waals surface area contributed by atoms with E-state index < -0.39 is 0 Å². The highest BCUT2D eigenvalue weighted by Gasteiger charge is 2.09. The lowest BCUT2D eigenvalue weighted by Crippen LogP contribution is -2.15. The molecular formula is C16H18O3. The van der Waals surface area contributed by atoms with Crippen LogP contribution in [0.4, 0.5) is 0 Å². The number of para-hydroxylation sites is 2. The van der Waals surface area contributed by atoms with E-state index in [-0.39, 0.29) is 11.9 Å². The number of aromatic hydroxyl groups is 1. The van der Waals surface area contributed by atoms with Crippen LogP contribution in [0.3, 0.4) is 0 Å². The normalized spacial score (nSPS) is 11.9. The van der Waals surface area contributed by atoms with Crippen LogP contribution in [-0.4, -0.2) is 18.3 Å². The third-order valence-electron chi connectivity index (χ3n) is 2.86. The Balaban J connectivity index is 2.01. The highest BCUT2D eigenvalue weighted by Crippen LogP contribution is 2.27. The Morgan fingerprint density at radius 2 is 1.63 bits per heavy atom. The molecule has 0 fully saturated rings. The molecule has 2 aromatic rings. The topological polar surface area (TPSA) is 38.7 Å². The number of hydrogen-bond acceptors (Lipinski definition) is 3. The van der Waals surface area contributed by atoms with Gasteiger partial charge in [0.25, 0.3) is 0 Å². The lowest BCUT2D eigenvalue weighted by atomic mass is 10.1. The van der Waals surface area contributed by atoms with Gasteiger partial charge in [-0.25, -0.2) is 0 Å². The van der Waals surface area contributed by atoms with Crippen molar-refractivity contribution in [1.82, 2.24) is 0 Å². The minimum Gasteiger partial charge on any atom is -0.508 e. The summed E-state index contributed by atoms with van der Waals surface area (Å²) in [6.45, 7) is 2.01. The first-order valence-electron chi connectivity index (χ1n) is 6.26. The SMILES string of the molecule is COc1ccccc1OC(C)Cc1ccc(O)cc1. The summed E-state index contributed by atoms with van der Waals surface area (Å²) in [5, 5.41) is 9.25. The second-order valence-corrected chi connectivity index (χ2v) is 4.45. The van der Waals surface area contributed by atoms with Gasteiger partial charge in [-0.1, -0.05) is 24.3 Å². The van der Waals surface area contributed by atoms with Gasteiger partial charge in [0.15, 0.2) is 11.5 Å². The van der Waals surface area contributed by atoms with Gasteiger partial charge < -0.3 is 14.6 Å². The highest BCUT2D eigenvalue weighted by molar-refractivity contribution is 5.39. The third-order valence-corrected chi connectivity index (χ3v) is 2.86. The molecule has 0 aliphatic carbocycles. The fraction of sp³-hybridized carbons (Fsp3) is 0.250. The minimum atomic E-state index is 0.0286. The number of hydrogen-bond donors (Lipinski definition) is 1. The van der Waals surface area contributed by atoms with Crippen molar-refractivity contribution in [2.24, 2.45) is 0 Å². The maximum atomic E-state index is 9.25. The summed E-state index contributed by atoms with van der Waals surface area (Å²) in [5.41, 5.74) is 1.13. The van der Waals surface area contributed by atoms with Crippen molar-refractivity contribution in [2.45, 2.75) is 19.4 Å². The van der Waals surface area contributed by atoms with E-state index in [9.17, 15) is 5.11 Å². The Bertz CT molecular complexity index is 520. The van der Waals surface area contributed by atoms with Gasteiger partial charge in [0.1, 0.15) is 11.9 Å². The first-order valence-corrected chi connectivity index (χ1v) is 6.26. The number of phenolic OH excluding ortho intramolecular Hbond substituents is 1. The van der Waals surface area contributed by atoms with E-state index in [0.29, 0.717) is 0 Å². The van der Waals surface area contributed by atoms with Gasteiger partial charge in [-0.3, -0.25) is 0 Å². The minimum absolute atomic E-state index is 0.0286. The van der Waals surface area contributed by atoms with Crippen molar-refractivity contribution in [1.29, 1.82) is 0 Å². The number of phenols is 1.